The number of benzene rings is 2. The van der Waals surface area contributed by atoms with Crippen LogP contribution in [-0.2, 0) is 10.0 Å². The van der Waals surface area contributed by atoms with Crippen LogP contribution in [0.1, 0.15) is 25.7 Å². The number of nitrogens with zero attached hydrogens (tertiary/aromatic N) is 4. The Hall–Kier alpha value is -2.59. The van der Waals surface area contributed by atoms with Gasteiger partial charge >= 0.3 is 5.56 Å². The Morgan fingerprint density at radius 3 is 2.25 bits per heavy atom. The summed E-state index contributed by atoms with van der Waals surface area (Å²) in [4.78, 5) is 15.7. The van der Waals surface area contributed by atoms with Crippen LogP contribution in [-0.4, -0.2) is 54.8 Å². The Morgan fingerprint density at radius 1 is 0.917 bits per heavy atom. The van der Waals surface area contributed by atoms with Crippen molar-refractivity contribution in [2.75, 3.05) is 31.1 Å². The van der Waals surface area contributed by atoms with Crippen molar-refractivity contribution in [2.45, 2.75) is 36.7 Å². The number of anilines is 1. The fraction of sp³-hybridized carbons (Fsp3) is 0.360. The lowest BCUT2D eigenvalue weighted by Crippen LogP contribution is -2.49. The van der Waals surface area contributed by atoms with E-state index in [0.717, 1.165) is 25.7 Å². The summed E-state index contributed by atoms with van der Waals surface area (Å²) >= 11 is 12.1. The molecule has 1 aliphatic heterocycles. The topological polar surface area (TPSA) is 84.7 Å². The molecule has 0 atom stereocenters. The number of piperazine rings is 1. The first kappa shape index (κ1) is 25.1. The zero-order chi connectivity index (χ0) is 25.3. The minimum atomic E-state index is -3.68. The number of halogens is 2. The quantitative estimate of drug-likeness (QED) is 0.454. The summed E-state index contributed by atoms with van der Waals surface area (Å²) < 4.78 is 35.2. The first-order valence-electron chi connectivity index (χ1n) is 11.9. The molecule has 0 spiro atoms. The standard InChI is InChI=1S/C25H26Cl2N4O4S/c26-18-5-3-7-20(15-18)31-25(32)24(35-21-8-1-2-9-21)23(17-28-31)29-11-13-30(14-12-29)36(33,34)22-10-4-6-19(27)16-22/h3-7,10,15-17,21H,1-2,8-9,11-14H2. The van der Waals surface area contributed by atoms with Crippen LogP contribution in [0.2, 0.25) is 10.0 Å². The predicted octanol–water partition coefficient (Wildman–Crippen LogP) is 4.37. The number of hydrogen-bond donors (Lipinski definition) is 0. The van der Waals surface area contributed by atoms with Crippen molar-refractivity contribution >= 4 is 38.9 Å². The van der Waals surface area contributed by atoms with Gasteiger partial charge < -0.3 is 9.64 Å². The third-order valence-corrected chi connectivity index (χ3v) is 8.93. The smallest absolute Gasteiger partial charge is 0.316 e. The van der Waals surface area contributed by atoms with Gasteiger partial charge in [0.15, 0.2) is 0 Å². The van der Waals surface area contributed by atoms with Crippen molar-refractivity contribution < 1.29 is 13.2 Å². The van der Waals surface area contributed by atoms with Gasteiger partial charge in [0.25, 0.3) is 0 Å². The molecule has 0 bridgehead atoms. The van der Waals surface area contributed by atoms with Crippen molar-refractivity contribution in [3.8, 4) is 11.4 Å². The molecule has 1 saturated carbocycles. The molecule has 11 heteroatoms. The Labute approximate surface area is 220 Å². The van der Waals surface area contributed by atoms with Crippen LogP contribution in [0.4, 0.5) is 5.69 Å². The molecule has 1 saturated heterocycles. The van der Waals surface area contributed by atoms with E-state index in [-0.39, 0.29) is 35.4 Å². The summed E-state index contributed by atoms with van der Waals surface area (Å²) in [6.07, 6.45) is 5.50. The maximum atomic E-state index is 13.6. The fourth-order valence-electron chi connectivity index (χ4n) is 4.68. The largest absolute Gasteiger partial charge is 0.483 e. The second kappa shape index (κ2) is 10.4. The monoisotopic (exact) mass is 548 g/mol. The molecule has 1 aliphatic carbocycles. The lowest BCUT2D eigenvalue weighted by Gasteiger charge is -2.36. The first-order valence-corrected chi connectivity index (χ1v) is 14.1. The maximum absolute atomic E-state index is 13.6. The number of hydrogen-bond acceptors (Lipinski definition) is 6. The summed E-state index contributed by atoms with van der Waals surface area (Å²) in [6.45, 7) is 1.30. The molecule has 0 amide bonds. The molecule has 5 rings (SSSR count). The van der Waals surface area contributed by atoms with E-state index in [4.69, 9.17) is 27.9 Å². The van der Waals surface area contributed by atoms with Crippen molar-refractivity contribution in [3.63, 3.8) is 0 Å². The lowest BCUT2D eigenvalue weighted by molar-refractivity contribution is 0.205. The minimum absolute atomic E-state index is 0.0313. The summed E-state index contributed by atoms with van der Waals surface area (Å²) in [7, 11) is -3.68. The van der Waals surface area contributed by atoms with E-state index in [1.165, 1.54) is 15.1 Å². The second-order valence-corrected chi connectivity index (χ2v) is 11.7. The lowest BCUT2D eigenvalue weighted by atomic mass is 10.2. The van der Waals surface area contributed by atoms with E-state index in [0.29, 0.717) is 34.5 Å². The molecule has 1 aromatic heterocycles. The highest BCUT2D eigenvalue weighted by atomic mass is 35.5. The number of aromatic nitrogens is 2. The zero-order valence-electron chi connectivity index (χ0n) is 19.5. The van der Waals surface area contributed by atoms with Gasteiger partial charge in [0.2, 0.25) is 15.8 Å². The van der Waals surface area contributed by atoms with E-state index >= 15 is 0 Å². The summed E-state index contributed by atoms with van der Waals surface area (Å²) in [6, 6.07) is 13.2. The van der Waals surface area contributed by atoms with Crippen LogP contribution >= 0.6 is 23.2 Å². The van der Waals surface area contributed by atoms with E-state index in [1.54, 1.807) is 48.7 Å². The second-order valence-electron chi connectivity index (χ2n) is 8.93. The SMILES string of the molecule is O=c1c(OC2CCCC2)c(N2CCN(S(=O)(=O)c3cccc(Cl)c3)CC2)cnn1-c1cccc(Cl)c1. The third kappa shape index (κ3) is 5.11. The Balaban J connectivity index is 1.43. The molecule has 190 valence electrons. The van der Waals surface area contributed by atoms with Crippen LogP contribution in [0.3, 0.4) is 0 Å². The van der Waals surface area contributed by atoms with Gasteiger partial charge in [-0.15, -0.1) is 0 Å². The average Bonchev–Trinajstić information content (AvgIpc) is 3.39. The molecule has 8 nitrogen and oxygen atoms in total. The molecular formula is C25H26Cl2N4O4S. The Kier molecular flexibility index (Phi) is 7.25. The molecule has 36 heavy (non-hydrogen) atoms. The van der Waals surface area contributed by atoms with Gasteiger partial charge in [0.05, 0.1) is 22.9 Å². The summed E-state index contributed by atoms with van der Waals surface area (Å²) in [5.41, 5.74) is 0.758. The van der Waals surface area contributed by atoms with Gasteiger partial charge in [-0.1, -0.05) is 35.3 Å². The van der Waals surface area contributed by atoms with Gasteiger partial charge in [-0.2, -0.15) is 14.1 Å². The molecule has 2 heterocycles. The predicted molar refractivity (Wildman–Crippen MR) is 140 cm³/mol. The maximum Gasteiger partial charge on any atom is 0.316 e. The van der Waals surface area contributed by atoms with Crippen LogP contribution in [0.15, 0.2) is 64.4 Å². The Morgan fingerprint density at radius 2 is 1.58 bits per heavy atom. The number of rotatable bonds is 6. The third-order valence-electron chi connectivity index (χ3n) is 6.57. The fourth-order valence-corrected chi connectivity index (χ4v) is 6.58. The zero-order valence-corrected chi connectivity index (χ0v) is 21.8. The van der Waals surface area contributed by atoms with Crippen molar-refractivity contribution in [3.05, 3.63) is 75.1 Å². The van der Waals surface area contributed by atoms with Crippen molar-refractivity contribution in [2.24, 2.45) is 0 Å². The highest BCUT2D eigenvalue weighted by Crippen LogP contribution is 2.31. The molecule has 3 aromatic rings. The van der Waals surface area contributed by atoms with Gasteiger partial charge in [-0.3, -0.25) is 4.79 Å². The van der Waals surface area contributed by atoms with E-state index in [1.807, 2.05) is 4.90 Å². The van der Waals surface area contributed by atoms with E-state index in [2.05, 4.69) is 5.10 Å². The number of sulfonamides is 1. The molecule has 0 unspecified atom stereocenters. The van der Waals surface area contributed by atoms with Gasteiger partial charge in [0, 0.05) is 36.2 Å². The molecule has 0 N–H and O–H groups in total. The summed E-state index contributed by atoms with van der Waals surface area (Å²) in [5.74, 6) is 0.239. The van der Waals surface area contributed by atoms with Gasteiger partial charge in [0.1, 0.15) is 5.69 Å². The number of ether oxygens (including phenoxy) is 1. The van der Waals surface area contributed by atoms with E-state index in [9.17, 15) is 13.2 Å². The molecule has 2 aromatic carbocycles. The molecule has 2 fully saturated rings. The minimum Gasteiger partial charge on any atom is -0.483 e. The highest BCUT2D eigenvalue weighted by molar-refractivity contribution is 7.89. The van der Waals surface area contributed by atoms with Crippen LogP contribution in [0.25, 0.3) is 5.69 Å². The van der Waals surface area contributed by atoms with Gasteiger partial charge in [-0.25, -0.2) is 8.42 Å². The normalized spacial score (nSPS) is 17.4. The molecule has 0 radical (unpaired) electrons. The average molecular weight is 549 g/mol. The van der Waals surface area contributed by atoms with Crippen molar-refractivity contribution in [1.82, 2.24) is 14.1 Å². The van der Waals surface area contributed by atoms with Crippen LogP contribution in [0, 0.1) is 0 Å². The Bertz CT molecular complexity index is 1420. The van der Waals surface area contributed by atoms with Crippen molar-refractivity contribution in [1.29, 1.82) is 0 Å². The molecule has 2 aliphatic rings. The molecular weight excluding hydrogens is 523 g/mol. The van der Waals surface area contributed by atoms with Gasteiger partial charge in [-0.05, 0) is 62.1 Å². The summed E-state index contributed by atoms with van der Waals surface area (Å²) in [5, 5.41) is 5.27. The van der Waals surface area contributed by atoms with E-state index < -0.39 is 10.0 Å². The first-order chi connectivity index (χ1) is 17.3. The van der Waals surface area contributed by atoms with Crippen LogP contribution < -0.4 is 15.2 Å². The van der Waals surface area contributed by atoms with Crippen LogP contribution in [0.5, 0.6) is 5.75 Å². The highest BCUT2D eigenvalue weighted by Gasteiger charge is 2.31.